The Morgan fingerprint density at radius 3 is 2.85 bits per heavy atom. The summed E-state index contributed by atoms with van der Waals surface area (Å²) in [5.41, 5.74) is 12.0. The average Bonchev–Trinajstić information content (AvgIpc) is 3.15. The number of nitrogens with two attached hydrogens (primary N) is 2. The number of thioether (sulfide) groups is 1. The van der Waals surface area contributed by atoms with Gasteiger partial charge in [0.25, 0.3) is 0 Å². The van der Waals surface area contributed by atoms with Gasteiger partial charge in [0.2, 0.25) is 0 Å². The van der Waals surface area contributed by atoms with Gasteiger partial charge in [0.05, 0.1) is 12.4 Å². The molecule has 1 aliphatic heterocycles. The standard InChI is InChI=1S/C14H20N6O5S/c15-6(14(23)24)1-2-26-3-7-9(21)10(22)13(25-7)20-5-19-8-11(16)17-4-18-12(8)20/h4-7,9-10,13,21-22H,1-3,15H2,(H,23,24)(H2,16,17,18)/t6?,7-,9+,10?,13-/m1/s1. The molecular formula is C14H20N6O5S. The summed E-state index contributed by atoms with van der Waals surface area (Å²) in [6.45, 7) is 0. The van der Waals surface area contributed by atoms with E-state index in [1.165, 1.54) is 29.0 Å². The third-order valence-electron chi connectivity index (χ3n) is 4.17. The number of aliphatic hydroxyl groups excluding tert-OH is 2. The summed E-state index contributed by atoms with van der Waals surface area (Å²) in [6.07, 6.45) is -0.747. The minimum absolute atomic E-state index is 0.212. The van der Waals surface area contributed by atoms with E-state index < -0.39 is 36.6 Å². The summed E-state index contributed by atoms with van der Waals surface area (Å²) in [6, 6.07) is -0.919. The van der Waals surface area contributed by atoms with Crippen molar-refractivity contribution in [2.75, 3.05) is 17.2 Å². The SMILES string of the molecule is Nc1ncnc2c1ncn2[C@@H]1O[C@H](CSCCC(N)C(=O)O)[C@H](O)C1O. The van der Waals surface area contributed by atoms with Gasteiger partial charge >= 0.3 is 5.97 Å². The van der Waals surface area contributed by atoms with Crippen molar-refractivity contribution in [2.24, 2.45) is 5.73 Å². The first kappa shape index (κ1) is 18.8. The van der Waals surface area contributed by atoms with Crippen molar-refractivity contribution in [3.05, 3.63) is 12.7 Å². The van der Waals surface area contributed by atoms with Crippen LogP contribution in [0.1, 0.15) is 12.6 Å². The molecule has 2 aromatic heterocycles. The minimum atomic E-state index is -1.17. The van der Waals surface area contributed by atoms with Gasteiger partial charge in [0.1, 0.15) is 30.1 Å². The van der Waals surface area contributed by atoms with Gasteiger partial charge < -0.3 is 31.5 Å². The highest BCUT2D eigenvalue weighted by atomic mass is 32.2. The Kier molecular flexibility index (Phi) is 5.58. The van der Waals surface area contributed by atoms with Crippen molar-refractivity contribution in [3.63, 3.8) is 0 Å². The molecule has 2 aromatic rings. The first-order valence-electron chi connectivity index (χ1n) is 7.91. The van der Waals surface area contributed by atoms with E-state index in [4.69, 9.17) is 21.3 Å². The summed E-state index contributed by atoms with van der Waals surface area (Å²) >= 11 is 1.40. The van der Waals surface area contributed by atoms with Crippen LogP contribution in [0, 0.1) is 0 Å². The number of aliphatic hydroxyl groups is 2. The molecule has 0 radical (unpaired) electrons. The molecule has 0 aromatic carbocycles. The number of aromatic nitrogens is 4. The van der Waals surface area contributed by atoms with Crippen LogP contribution in [-0.4, -0.2) is 76.7 Å². The summed E-state index contributed by atoms with van der Waals surface area (Å²) in [5.74, 6) is 0.0405. The van der Waals surface area contributed by atoms with Gasteiger partial charge in [0.15, 0.2) is 17.7 Å². The second-order valence-electron chi connectivity index (χ2n) is 5.94. The maximum Gasteiger partial charge on any atom is 0.320 e. The number of carboxylic acids is 1. The zero-order valence-corrected chi connectivity index (χ0v) is 14.5. The molecule has 142 valence electrons. The highest BCUT2D eigenvalue weighted by Gasteiger charge is 2.44. The monoisotopic (exact) mass is 384 g/mol. The molecule has 0 amide bonds. The van der Waals surface area contributed by atoms with Crippen LogP contribution < -0.4 is 11.5 Å². The van der Waals surface area contributed by atoms with Crippen molar-refractivity contribution >= 4 is 34.7 Å². The molecule has 0 bridgehead atoms. The number of hydrogen-bond acceptors (Lipinski definition) is 10. The van der Waals surface area contributed by atoms with Crippen LogP contribution in [0.4, 0.5) is 5.82 Å². The first-order chi connectivity index (χ1) is 12.4. The van der Waals surface area contributed by atoms with Gasteiger partial charge in [-0.05, 0) is 12.2 Å². The topological polar surface area (TPSA) is 183 Å². The van der Waals surface area contributed by atoms with Crippen LogP contribution in [0.2, 0.25) is 0 Å². The van der Waals surface area contributed by atoms with Gasteiger partial charge in [-0.2, -0.15) is 11.8 Å². The van der Waals surface area contributed by atoms with E-state index in [2.05, 4.69) is 15.0 Å². The fraction of sp³-hybridized carbons (Fsp3) is 0.571. The number of anilines is 1. The van der Waals surface area contributed by atoms with Crippen LogP contribution >= 0.6 is 11.8 Å². The van der Waals surface area contributed by atoms with E-state index in [0.717, 1.165) is 0 Å². The molecule has 12 heteroatoms. The van der Waals surface area contributed by atoms with Crippen LogP contribution in [-0.2, 0) is 9.53 Å². The average molecular weight is 384 g/mol. The van der Waals surface area contributed by atoms with Crippen LogP contribution in [0.5, 0.6) is 0 Å². The Bertz CT molecular complexity index is 788. The van der Waals surface area contributed by atoms with Gasteiger partial charge in [-0.3, -0.25) is 9.36 Å². The lowest BCUT2D eigenvalue weighted by Gasteiger charge is -2.16. The lowest BCUT2D eigenvalue weighted by Crippen LogP contribution is -2.33. The van der Waals surface area contributed by atoms with E-state index in [-0.39, 0.29) is 5.82 Å². The number of imidazole rings is 1. The van der Waals surface area contributed by atoms with Gasteiger partial charge in [-0.25, -0.2) is 15.0 Å². The molecule has 0 saturated carbocycles. The largest absolute Gasteiger partial charge is 0.480 e. The highest BCUT2D eigenvalue weighted by molar-refractivity contribution is 7.99. The summed E-state index contributed by atoms with van der Waals surface area (Å²) in [7, 11) is 0. The number of carboxylic acid groups (broad SMARTS) is 1. The lowest BCUT2D eigenvalue weighted by molar-refractivity contribution is -0.138. The second kappa shape index (κ2) is 7.72. The fourth-order valence-electron chi connectivity index (χ4n) is 2.69. The molecule has 11 nitrogen and oxygen atoms in total. The molecule has 0 spiro atoms. The lowest BCUT2D eigenvalue weighted by atomic mass is 10.1. The molecule has 1 fully saturated rings. The predicted molar refractivity (Wildman–Crippen MR) is 93.2 cm³/mol. The maximum absolute atomic E-state index is 10.7. The smallest absolute Gasteiger partial charge is 0.320 e. The quantitative estimate of drug-likeness (QED) is 0.352. The number of ether oxygens (including phenoxy) is 1. The third-order valence-corrected chi connectivity index (χ3v) is 5.26. The molecule has 0 aliphatic carbocycles. The third kappa shape index (κ3) is 3.59. The van der Waals surface area contributed by atoms with E-state index in [1.54, 1.807) is 0 Å². The van der Waals surface area contributed by atoms with Gasteiger partial charge in [-0.1, -0.05) is 0 Å². The molecule has 7 N–H and O–H groups in total. The molecule has 5 atom stereocenters. The first-order valence-corrected chi connectivity index (χ1v) is 9.06. The van der Waals surface area contributed by atoms with Gasteiger partial charge in [-0.15, -0.1) is 0 Å². The Labute approximate surface area is 152 Å². The number of hydrogen-bond donors (Lipinski definition) is 5. The van der Waals surface area contributed by atoms with Crippen molar-refractivity contribution < 1.29 is 24.9 Å². The van der Waals surface area contributed by atoms with Crippen molar-refractivity contribution in [1.29, 1.82) is 0 Å². The van der Waals surface area contributed by atoms with Gasteiger partial charge in [0, 0.05) is 5.75 Å². The highest BCUT2D eigenvalue weighted by Crippen LogP contribution is 2.33. The van der Waals surface area contributed by atoms with Crippen molar-refractivity contribution in [1.82, 2.24) is 19.5 Å². The molecule has 2 unspecified atom stereocenters. The zero-order valence-electron chi connectivity index (χ0n) is 13.7. The molecular weight excluding hydrogens is 364 g/mol. The van der Waals surface area contributed by atoms with Crippen LogP contribution in [0.15, 0.2) is 12.7 Å². The van der Waals surface area contributed by atoms with Crippen LogP contribution in [0.3, 0.4) is 0 Å². The Morgan fingerprint density at radius 2 is 2.12 bits per heavy atom. The number of carbonyl (C=O) groups is 1. The summed E-state index contributed by atoms with van der Waals surface area (Å²) in [4.78, 5) is 22.8. The number of nitrogen functional groups attached to an aromatic ring is 1. The number of fused-ring (bicyclic) bond motifs is 1. The Hall–Kier alpha value is -1.99. The number of aliphatic carboxylic acids is 1. The van der Waals surface area contributed by atoms with E-state index in [0.29, 0.717) is 29.1 Å². The van der Waals surface area contributed by atoms with Crippen LogP contribution in [0.25, 0.3) is 11.2 Å². The molecule has 3 heterocycles. The normalized spacial score (nSPS) is 27.0. The van der Waals surface area contributed by atoms with E-state index in [9.17, 15) is 15.0 Å². The fourth-order valence-corrected chi connectivity index (χ4v) is 3.78. The Morgan fingerprint density at radius 1 is 1.35 bits per heavy atom. The number of nitrogens with zero attached hydrogens (tertiary/aromatic N) is 4. The summed E-state index contributed by atoms with van der Waals surface area (Å²) < 4.78 is 7.29. The summed E-state index contributed by atoms with van der Waals surface area (Å²) in [5, 5.41) is 29.3. The maximum atomic E-state index is 10.7. The second-order valence-corrected chi connectivity index (χ2v) is 7.09. The molecule has 1 aliphatic rings. The zero-order chi connectivity index (χ0) is 18.8. The molecule has 26 heavy (non-hydrogen) atoms. The molecule has 1 saturated heterocycles. The van der Waals surface area contributed by atoms with E-state index >= 15 is 0 Å². The Balaban J connectivity index is 1.64. The van der Waals surface area contributed by atoms with Crippen molar-refractivity contribution in [3.8, 4) is 0 Å². The molecule has 3 rings (SSSR count). The van der Waals surface area contributed by atoms with E-state index in [1.807, 2.05) is 0 Å². The number of rotatable bonds is 7. The minimum Gasteiger partial charge on any atom is -0.480 e. The predicted octanol–water partition coefficient (Wildman–Crippen LogP) is -1.44. The van der Waals surface area contributed by atoms with Crippen molar-refractivity contribution in [2.45, 2.75) is 37.0 Å².